The number of rotatable bonds is 8. The lowest BCUT2D eigenvalue weighted by atomic mass is 10.2. The number of nitrogens with one attached hydrogen (secondary N) is 2. The molecule has 25 heavy (non-hydrogen) atoms. The number of aryl methyl sites for hydroxylation is 1. The van der Waals surface area contributed by atoms with E-state index in [1.807, 2.05) is 20.0 Å². The maximum Gasteiger partial charge on any atom is 0.272 e. The maximum absolute atomic E-state index is 12.2. The van der Waals surface area contributed by atoms with Crippen molar-refractivity contribution in [2.24, 2.45) is 12.0 Å². The Bertz CT molecular complexity index is 689. The molecule has 1 aromatic heterocycles. The van der Waals surface area contributed by atoms with Crippen molar-refractivity contribution in [2.45, 2.75) is 26.4 Å². The van der Waals surface area contributed by atoms with E-state index in [-0.39, 0.29) is 0 Å². The van der Waals surface area contributed by atoms with Gasteiger partial charge in [-0.3, -0.25) is 4.68 Å². The van der Waals surface area contributed by atoms with Crippen LogP contribution in [0.1, 0.15) is 18.3 Å². The first-order valence-corrected chi connectivity index (χ1v) is 7.93. The zero-order chi connectivity index (χ0) is 18.1. The summed E-state index contributed by atoms with van der Waals surface area (Å²) in [4.78, 5) is 8.62. The van der Waals surface area contributed by atoms with Gasteiger partial charge in [0.15, 0.2) is 5.96 Å². The number of aromatic nitrogens is 3. The number of ether oxygens (including phenoxy) is 1. The van der Waals surface area contributed by atoms with Crippen LogP contribution in [-0.4, -0.2) is 40.3 Å². The van der Waals surface area contributed by atoms with Gasteiger partial charge < -0.3 is 15.4 Å². The Hall–Kier alpha value is -2.71. The lowest BCUT2D eigenvalue weighted by Gasteiger charge is -2.11. The second kappa shape index (κ2) is 9.55. The van der Waals surface area contributed by atoms with Crippen molar-refractivity contribution < 1.29 is 13.5 Å². The van der Waals surface area contributed by atoms with Crippen LogP contribution in [0.4, 0.5) is 8.78 Å². The van der Waals surface area contributed by atoms with Crippen LogP contribution < -0.4 is 15.4 Å². The molecule has 136 valence electrons. The summed E-state index contributed by atoms with van der Waals surface area (Å²) in [7, 11) is 1.82. The Morgan fingerprint density at radius 3 is 2.88 bits per heavy atom. The zero-order valence-corrected chi connectivity index (χ0v) is 14.2. The van der Waals surface area contributed by atoms with Crippen LogP contribution >= 0.6 is 0 Å². The molecule has 0 fully saturated rings. The van der Waals surface area contributed by atoms with Crippen LogP contribution in [0.3, 0.4) is 0 Å². The number of guanidine groups is 1. The van der Waals surface area contributed by atoms with E-state index in [1.54, 1.807) is 22.9 Å². The van der Waals surface area contributed by atoms with Crippen LogP contribution in [0.25, 0.3) is 0 Å². The van der Waals surface area contributed by atoms with Crippen molar-refractivity contribution in [3.63, 3.8) is 0 Å². The van der Waals surface area contributed by atoms with Crippen molar-refractivity contribution in [3.05, 3.63) is 42.0 Å². The normalized spacial score (nSPS) is 11.6. The first kappa shape index (κ1) is 18.6. The molecule has 0 saturated heterocycles. The molecule has 0 saturated carbocycles. The molecular weight excluding hydrogens is 330 g/mol. The number of benzene rings is 1. The van der Waals surface area contributed by atoms with E-state index in [0.29, 0.717) is 31.3 Å². The minimum atomic E-state index is -2.49. The van der Waals surface area contributed by atoms with Gasteiger partial charge in [0.2, 0.25) is 0 Å². The standard InChI is InChI=1S/C16H22F2N6O/c1-3-19-16(21-9-15-22-11-23-24(15)2)20-8-12-5-4-6-13(7-12)25-10-14(17)18/h4-7,11,14H,3,8-10H2,1-2H3,(H2,19,20,21). The van der Waals surface area contributed by atoms with E-state index >= 15 is 0 Å². The van der Waals surface area contributed by atoms with Gasteiger partial charge in [-0.25, -0.2) is 18.8 Å². The molecular formula is C16H22F2N6O. The quantitative estimate of drug-likeness (QED) is 0.559. The molecule has 2 N–H and O–H groups in total. The molecule has 0 aliphatic carbocycles. The third kappa shape index (κ3) is 6.36. The lowest BCUT2D eigenvalue weighted by Crippen LogP contribution is -2.37. The van der Waals surface area contributed by atoms with E-state index in [2.05, 4.69) is 25.7 Å². The fraction of sp³-hybridized carbons (Fsp3) is 0.438. The number of halogens is 2. The Balaban J connectivity index is 1.95. The third-order valence-electron chi connectivity index (χ3n) is 3.26. The number of alkyl halides is 2. The van der Waals surface area contributed by atoms with Gasteiger partial charge in [0.25, 0.3) is 6.43 Å². The van der Waals surface area contributed by atoms with Gasteiger partial charge in [-0.05, 0) is 24.6 Å². The first-order chi connectivity index (χ1) is 12.1. The van der Waals surface area contributed by atoms with Crippen molar-refractivity contribution >= 4 is 5.96 Å². The topological polar surface area (TPSA) is 76.4 Å². The summed E-state index contributed by atoms with van der Waals surface area (Å²) in [5.41, 5.74) is 0.864. The Morgan fingerprint density at radius 1 is 1.36 bits per heavy atom. The minimum absolute atomic E-state index is 0.389. The van der Waals surface area contributed by atoms with Crippen molar-refractivity contribution in [2.75, 3.05) is 13.2 Å². The summed E-state index contributed by atoms with van der Waals surface area (Å²) < 4.78 is 31.1. The Labute approximate surface area is 145 Å². The average Bonchev–Trinajstić information content (AvgIpc) is 3.01. The summed E-state index contributed by atoms with van der Waals surface area (Å²) in [5.74, 6) is 1.82. The molecule has 1 heterocycles. The fourth-order valence-corrected chi connectivity index (χ4v) is 2.05. The molecule has 0 aliphatic rings. The zero-order valence-electron chi connectivity index (χ0n) is 14.2. The van der Waals surface area contributed by atoms with Crippen LogP contribution in [0, 0.1) is 0 Å². The minimum Gasteiger partial charge on any atom is -0.488 e. The van der Waals surface area contributed by atoms with Gasteiger partial charge in [0.05, 0.1) is 13.1 Å². The van der Waals surface area contributed by atoms with E-state index in [1.165, 1.54) is 6.33 Å². The summed E-state index contributed by atoms with van der Waals surface area (Å²) >= 11 is 0. The summed E-state index contributed by atoms with van der Waals surface area (Å²) in [5, 5.41) is 10.3. The highest BCUT2D eigenvalue weighted by Crippen LogP contribution is 2.14. The monoisotopic (exact) mass is 352 g/mol. The largest absolute Gasteiger partial charge is 0.488 e. The van der Waals surface area contributed by atoms with Crippen molar-refractivity contribution in [1.29, 1.82) is 0 Å². The molecule has 0 bridgehead atoms. The van der Waals surface area contributed by atoms with Gasteiger partial charge in [0.1, 0.15) is 24.5 Å². The summed E-state index contributed by atoms with van der Waals surface area (Å²) in [6.07, 6.45) is -1.00. The molecule has 0 spiro atoms. The highest BCUT2D eigenvalue weighted by Gasteiger charge is 2.05. The summed E-state index contributed by atoms with van der Waals surface area (Å²) in [6.45, 7) is 2.94. The SMILES string of the molecule is CCNC(=NCc1cccc(OCC(F)F)c1)NCc1ncnn1C. The van der Waals surface area contributed by atoms with Gasteiger partial charge in [-0.2, -0.15) is 5.10 Å². The first-order valence-electron chi connectivity index (χ1n) is 7.93. The fourth-order valence-electron chi connectivity index (χ4n) is 2.05. The Kier molecular flexibility index (Phi) is 7.12. The molecule has 7 nitrogen and oxygen atoms in total. The molecule has 2 rings (SSSR count). The number of nitrogens with zero attached hydrogens (tertiary/aromatic N) is 4. The number of hydrogen-bond acceptors (Lipinski definition) is 4. The third-order valence-corrected chi connectivity index (χ3v) is 3.26. The molecule has 0 amide bonds. The number of aliphatic imine (C=N–C) groups is 1. The van der Waals surface area contributed by atoms with E-state index in [4.69, 9.17) is 4.74 Å². The molecule has 0 aliphatic heterocycles. The molecule has 2 aromatic rings. The van der Waals surface area contributed by atoms with E-state index in [0.717, 1.165) is 11.4 Å². The second-order valence-electron chi connectivity index (χ2n) is 5.20. The molecule has 9 heteroatoms. The van der Waals surface area contributed by atoms with E-state index < -0.39 is 13.0 Å². The second-order valence-corrected chi connectivity index (χ2v) is 5.20. The maximum atomic E-state index is 12.2. The highest BCUT2D eigenvalue weighted by atomic mass is 19.3. The molecule has 0 radical (unpaired) electrons. The molecule has 0 atom stereocenters. The van der Waals surface area contributed by atoms with Crippen LogP contribution in [0.15, 0.2) is 35.6 Å². The van der Waals surface area contributed by atoms with Crippen LogP contribution in [-0.2, 0) is 20.1 Å². The molecule has 0 unspecified atom stereocenters. The summed E-state index contributed by atoms with van der Waals surface area (Å²) in [6, 6.07) is 6.97. The van der Waals surface area contributed by atoms with Crippen molar-refractivity contribution in [3.8, 4) is 5.75 Å². The Morgan fingerprint density at radius 2 is 2.20 bits per heavy atom. The predicted molar refractivity (Wildman–Crippen MR) is 90.6 cm³/mol. The van der Waals surface area contributed by atoms with Gasteiger partial charge in [-0.15, -0.1) is 0 Å². The smallest absolute Gasteiger partial charge is 0.272 e. The van der Waals surface area contributed by atoms with Gasteiger partial charge in [0, 0.05) is 13.6 Å². The predicted octanol–water partition coefficient (Wildman–Crippen LogP) is 1.71. The van der Waals surface area contributed by atoms with Gasteiger partial charge in [-0.1, -0.05) is 12.1 Å². The highest BCUT2D eigenvalue weighted by molar-refractivity contribution is 5.79. The van der Waals surface area contributed by atoms with Crippen LogP contribution in [0.5, 0.6) is 5.75 Å². The lowest BCUT2D eigenvalue weighted by molar-refractivity contribution is 0.0818. The van der Waals surface area contributed by atoms with Crippen LogP contribution in [0.2, 0.25) is 0 Å². The number of hydrogen-bond donors (Lipinski definition) is 2. The average molecular weight is 352 g/mol. The van der Waals surface area contributed by atoms with Gasteiger partial charge >= 0.3 is 0 Å². The van der Waals surface area contributed by atoms with Crippen molar-refractivity contribution in [1.82, 2.24) is 25.4 Å². The molecule has 1 aromatic carbocycles. The van der Waals surface area contributed by atoms with E-state index in [9.17, 15) is 8.78 Å².